The third-order valence-electron chi connectivity index (χ3n) is 5.97. The summed E-state index contributed by atoms with van der Waals surface area (Å²) in [5.74, 6) is 0. The second-order valence-electron chi connectivity index (χ2n) is 7.84. The summed E-state index contributed by atoms with van der Waals surface area (Å²) in [6.45, 7) is 5.70. The van der Waals surface area contributed by atoms with Crippen LogP contribution in [0.3, 0.4) is 0 Å². The molecule has 1 aliphatic rings. The molecule has 2 atom stereocenters. The van der Waals surface area contributed by atoms with E-state index in [4.69, 9.17) is 4.74 Å². The van der Waals surface area contributed by atoms with E-state index in [0.29, 0.717) is 12.1 Å². The SMILES string of the molecule is CCCCCN1CCC[C@H](OC)C1CCN(c1ccccc1)c1ccccc1. The van der Waals surface area contributed by atoms with Crippen molar-refractivity contribution in [1.29, 1.82) is 0 Å². The van der Waals surface area contributed by atoms with Crippen LogP contribution in [0.4, 0.5) is 11.4 Å². The number of rotatable bonds is 10. The summed E-state index contributed by atoms with van der Waals surface area (Å²) in [7, 11) is 1.89. The molecule has 3 rings (SSSR count). The van der Waals surface area contributed by atoms with Crippen LogP contribution in [0.1, 0.15) is 45.4 Å². The fourth-order valence-electron chi connectivity index (χ4n) is 4.46. The molecule has 152 valence electrons. The number of nitrogens with zero attached hydrogens (tertiary/aromatic N) is 2. The van der Waals surface area contributed by atoms with E-state index in [9.17, 15) is 0 Å². The second kappa shape index (κ2) is 11.2. The molecule has 0 spiro atoms. The van der Waals surface area contributed by atoms with Gasteiger partial charge in [-0.2, -0.15) is 0 Å². The molecule has 0 radical (unpaired) electrons. The molecule has 2 aromatic rings. The van der Waals surface area contributed by atoms with Gasteiger partial charge in [-0.05, 0) is 63.0 Å². The number of benzene rings is 2. The number of ether oxygens (including phenoxy) is 1. The van der Waals surface area contributed by atoms with Crippen molar-refractivity contribution in [2.24, 2.45) is 0 Å². The van der Waals surface area contributed by atoms with Crippen LogP contribution in [0.2, 0.25) is 0 Å². The Morgan fingerprint density at radius 1 is 0.964 bits per heavy atom. The molecule has 1 heterocycles. The quantitative estimate of drug-likeness (QED) is 0.478. The topological polar surface area (TPSA) is 15.7 Å². The van der Waals surface area contributed by atoms with Crippen molar-refractivity contribution in [3.63, 3.8) is 0 Å². The fourth-order valence-corrected chi connectivity index (χ4v) is 4.46. The Balaban J connectivity index is 1.73. The predicted octanol–water partition coefficient (Wildman–Crippen LogP) is 5.88. The van der Waals surface area contributed by atoms with Crippen molar-refractivity contribution in [3.05, 3.63) is 60.7 Å². The standard InChI is InChI=1S/C25H36N2O/c1-3-4-11-19-26-20-12-17-25(28-2)24(26)18-21-27(22-13-7-5-8-14-22)23-15-9-6-10-16-23/h5-10,13-16,24-25H,3-4,11-12,17-21H2,1-2H3/t24?,25-/m0/s1. The van der Waals surface area contributed by atoms with Crippen LogP contribution < -0.4 is 4.90 Å². The lowest BCUT2D eigenvalue weighted by molar-refractivity contribution is -0.0212. The maximum Gasteiger partial charge on any atom is 0.0727 e. The van der Waals surface area contributed by atoms with Gasteiger partial charge in [0, 0.05) is 31.1 Å². The van der Waals surface area contributed by atoms with Crippen molar-refractivity contribution in [2.75, 3.05) is 31.6 Å². The number of para-hydroxylation sites is 2. The minimum atomic E-state index is 0.351. The van der Waals surface area contributed by atoms with Crippen LogP contribution in [-0.2, 0) is 4.74 Å². The van der Waals surface area contributed by atoms with Crippen LogP contribution in [0.25, 0.3) is 0 Å². The van der Waals surface area contributed by atoms with Crippen LogP contribution in [0.5, 0.6) is 0 Å². The summed E-state index contributed by atoms with van der Waals surface area (Å²) in [4.78, 5) is 5.15. The smallest absolute Gasteiger partial charge is 0.0727 e. The van der Waals surface area contributed by atoms with E-state index in [1.54, 1.807) is 0 Å². The first-order valence-electron chi connectivity index (χ1n) is 11.0. The van der Waals surface area contributed by atoms with Gasteiger partial charge >= 0.3 is 0 Å². The molecule has 3 heteroatoms. The molecule has 1 saturated heterocycles. The maximum absolute atomic E-state index is 5.92. The molecule has 1 aliphatic heterocycles. The Labute approximate surface area is 171 Å². The van der Waals surface area contributed by atoms with E-state index in [1.165, 1.54) is 56.6 Å². The summed E-state index contributed by atoms with van der Waals surface area (Å²) in [6, 6.07) is 22.0. The van der Waals surface area contributed by atoms with Gasteiger partial charge in [0.2, 0.25) is 0 Å². The molecule has 0 aromatic heterocycles. The second-order valence-corrected chi connectivity index (χ2v) is 7.84. The lowest BCUT2D eigenvalue weighted by atomic mass is 9.95. The third kappa shape index (κ3) is 5.59. The van der Waals surface area contributed by atoms with Crippen molar-refractivity contribution in [2.45, 2.75) is 57.6 Å². The van der Waals surface area contributed by atoms with Crippen LogP contribution >= 0.6 is 0 Å². The van der Waals surface area contributed by atoms with Crippen LogP contribution in [0, 0.1) is 0 Å². The van der Waals surface area contributed by atoms with E-state index in [2.05, 4.69) is 77.4 Å². The highest BCUT2D eigenvalue weighted by molar-refractivity contribution is 5.62. The van der Waals surface area contributed by atoms with E-state index in [1.807, 2.05) is 7.11 Å². The first kappa shape index (κ1) is 20.9. The Bertz CT molecular complexity index is 621. The molecular weight excluding hydrogens is 344 g/mol. The van der Waals surface area contributed by atoms with E-state index in [-0.39, 0.29) is 0 Å². The van der Waals surface area contributed by atoms with Crippen molar-refractivity contribution in [1.82, 2.24) is 4.90 Å². The highest BCUT2D eigenvalue weighted by atomic mass is 16.5. The van der Waals surface area contributed by atoms with Gasteiger partial charge in [-0.1, -0.05) is 56.2 Å². The molecule has 2 aromatic carbocycles. The first-order valence-corrected chi connectivity index (χ1v) is 11.0. The molecule has 1 fully saturated rings. The van der Waals surface area contributed by atoms with E-state index >= 15 is 0 Å². The average molecular weight is 381 g/mol. The normalized spacial score (nSPS) is 20.2. The molecule has 28 heavy (non-hydrogen) atoms. The Morgan fingerprint density at radius 3 is 2.18 bits per heavy atom. The van der Waals surface area contributed by atoms with Gasteiger partial charge < -0.3 is 9.64 Å². The summed E-state index contributed by atoms with van der Waals surface area (Å²) in [5.41, 5.74) is 2.52. The number of likely N-dealkylation sites (tertiary alicyclic amines) is 1. The summed E-state index contributed by atoms with van der Waals surface area (Å²) < 4.78 is 5.92. The molecular formula is C25H36N2O. The first-order chi connectivity index (χ1) is 13.8. The summed E-state index contributed by atoms with van der Waals surface area (Å²) in [5, 5.41) is 0. The van der Waals surface area contributed by atoms with E-state index in [0.717, 1.165) is 13.0 Å². The number of hydrogen-bond acceptors (Lipinski definition) is 3. The molecule has 3 nitrogen and oxygen atoms in total. The highest BCUT2D eigenvalue weighted by Gasteiger charge is 2.31. The average Bonchev–Trinajstić information content (AvgIpc) is 2.76. The van der Waals surface area contributed by atoms with Crippen molar-refractivity contribution in [3.8, 4) is 0 Å². The lowest BCUT2D eigenvalue weighted by Gasteiger charge is -2.42. The zero-order chi connectivity index (χ0) is 19.6. The molecule has 0 saturated carbocycles. The molecule has 1 unspecified atom stereocenters. The highest BCUT2D eigenvalue weighted by Crippen LogP contribution is 2.28. The predicted molar refractivity (Wildman–Crippen MR) is 119 cm³/mol. The lowest BCUT2D eigenvalue weighted by Crippen LogP contribution is -2.50. The van der Waals surface area contributed by atoms with Gasteiger partial charge in [-0.3, -0.25) is 4.90 Å². The third-order valence-corrected chi connectivity index (χ3v) is 5.97. The molecule has 0 N–H and O–H groups in total. The molecule has 0 aliphatic carbocycles. The minimum Gasteiger partial charge on any atom is -0.380 e. The number of methoxy groups -OCH3 is 1. The van der Waals surface area contributed by atoms with Crippen LogP contribution in [-0.4, -0.2) is 43.8 Å². The zero-order valence-electron chi connectivity index (χ0n) is 17.6. The van der Waals surface area contributed by atoms with Gasteiger partial charge in [0.25, 0.3) is 0 Å². The monoisotopic (exact) mass is 380 g/mol. The Morgan fingerprint density at radius 2 is 1.61 bits per heavy atom. The number of piperidine rings is 1. The Hall–Kier alpha value is -1.84. The van der Waals surface area contributed by atoms with Crippen molar-refractivity contribution < 1.29 is 4.74 Å². The summed E-state index contributed by atoms with van der Waals surface area (Å²) in [6.07, 6.45) is 7.80. The maximum atomic E-state index is 5.92. The Kier molecular flexibility index (Phi) is 8.38. The van der Waals surface area contributed by atoms with Gasteiger partial charge in [-0.25, -0.2) is 0 Å². The largest absolute Gasteiger partial charge is 0.380 e. The minimum absolute atomic E-state index is 0.351. The number of anilines is 2. The van der Waals surface area contributed by atoms with E-state index < -0.39 is 0 Å². The van der Waals surface area contributed by atoms with Crippen molar-refractivity contribution >= 4 is 11.4 Å². The molecule has 0 amide bonds. The van der Waals surface area contributed by atoms with Crippen LogP contribution in [0.15, 0.2) is 60.7 Å². The van der Waals surface area contributed by atoms with Gasteiger partial charge in [0.05, 0.1) is 6.10 Å². The zero-order valence-corrected chi connectivity index (χ0v) is 17.6. The molecule has 0 bridgehead atoms. The number of hydrogen-bond donors (Lipinski definition) is 0. The van der Waals surface area contributed by atoms with Gasteiger partial charge in [-0.15, -0.1) is 0 Å². The summed E-state index contributed by atoms with van der Waals surface area (Å²) >= 11 is 0. The fraction of sp³-hybridized carbons (Fsp3) is 0.520. The number of unbranched alkanes of at least 4 members (excludes halogenated alkanes) is 2. The van der Waals surface area contributed by atoms with Gasteiger partial charge in [0.1, 0.15) is 0 Å². The van der Waals surface area contributed by atoms with Gasteiger partial charge in [0.15, 0.2) is 0 Å².